The smallest absolute Gasteiger partial charge is 0.242 e. The summed E-state index contributed by atoms with van der Waals surface area (Å²) in [6.07, 6.45) is 0.219. The molecule has 0 fully saturated rings. The van der Waals surface area contributed by atoms with E-state index in [1.54, 1.807) is 13.8 Å². The fourth-order valence-corrected chi connectivity index (χ4v) is 1.60. The Morgan fingerprint density at radius 3 is 2.42 bits per heavy atom. The van der Waals surface area contributed by atoms with Gasteiger partial charge in [0.1, 0.15) is 6.04 Å². The lowest BCUT2D eigenvalue weighted by Crippen LogP contribution is -2.45. The van der Waals surface area contributed by atoms with Gasteiger partial charge in [-0.25, -0.2) is 0 Å². The first-order valence-electron chi connectivity index (χ1n) is 6.35. The molecular formula is C14H21N3O2. The molecule has 0 aliphatic carbocycles. The van der Waals surface area contributed by atoms with Crippen LogP contribution in [0.4, 0.5) is 0 Å². The summed E-state index contributed by atoms with van der Waals surface area (Å²) in [6, 6.07) is 8.83. The van der Waals surface area contributed by atoms with Crippen LogP contribution in [0.15, 0.2) is 30.3 Å². The van der Waals surface area contributed by atoms with Crippen molar-refractivity contribution in [1.29, 1.82) is 0 Å². The molecule has 0 aromatic heterocycles. The summed E-state index contributed by atoms with van der Waals surface area (Å²) in [5, 5.41) is 5.39. The average Bonchev–Trinajstić information content (AvgIpc) is 2.36. The molecule has 5 heteroatoms. The van der Waals surface area contributed by atoms with Gasteiger partial charge in [0.05, 0.1) is 0 Å². The molecule has 0 saturated carbocycles. The Morgan fingerprint density at radius 2 is 1.84 bits per heavy atom. The number of amides is 2. The molecule has 1 rings (SSSR count). The van der Waals surface area contributed by atoms with Crippen molar-refractivity contribution in [2.45, 2.75) is 38.9 Å². The van der Waals surface area contributed by atoms with Gasteiger partial charge < -0.3 is 16.4 Å². The molecule has 104 valence electrons. The van der Waals surface area contributed by atoms with E-state index >= 15 is 0 Å². The van der Waals surface area contributed by atoms with Crippen molar-refractivity contribution in [3.05, 3.63) is 35.9 Å². The van der Waals surface area contributed by atoms with Crippen molar-refractivity contribution in [2.24, 2.45) is 5.73 Å². The van der Waals surface area contributed by atoms with E-state index in [4.69, 9.17) is 5.73 Å². The van der Waals surface area contributed by atoms with E-state index in [0.29, 0.717) is 6.54 Å². The van der Waals surface area contributed by atoms with Crippen molar-refractivity contribution >= 4 is 11.8 Å². The Hall–Kier alpha value is -1.88. The Morgan fingerprint density at radius 1 is 1.21 bits per heavy atom. The summed E-state index contributed by atoms with van der Waals surface area (Å²) in [6.45, 7) is 3.85. The molecule has 2 atom stereocenters. The van der Waals surface area contributed by atoms with Gasteiger partial charge in [-0.15, -0.1) is 0 Å². The second-order valence-corrected chi connectivity index (χ2v) is 4.67. The van der Waals surface area contributed by atoms with Gasteiger partial charge in [0.2, 0.25) is 11.8 Å². The third-order valence-corrected chi connectivity index (χ3v) is 2.59. The molecule has 19 heavy (non-hydrogen) atoms. The maximum atomic E-state index is 11.8. The van der Waals surface area contributed by atoms with Crippen molar-refractivity contribution in [3.63, 3.8) is 0 Å². The van der Waals surface area contributed by atoms with Crippen molar-refractivity contribution in [1.82, 2.24) is 10.6 Å². The van der Waals surface area contributed by atoms with Crippen LogP contribution < -0.4 is 16.4 Å². The van der Waals surface area contributed by atoms with Crippen molar-refractivity contribution in [2.75, 3.05) is 0 Å². The second kappa shape index (κ2) is 7.53. The lowest BCUT2D eigenvalue weighted by atomic mass is 10.2. The van der Waals surface area contributed by atoms with E-state index in [1.165, 1.54) is 0 Å². The van der Waals surface area contributed by atoms with Gasteiger partial charge >= 0.3 is 0 Å². The minimum Gasteiger partial charge on any atom is -0.350 e. The molecule has 0 aliphatic rings. The maximum Gasteiger partial charge on any atom is 0.242 e. The minimum absolute atomic E-state index is 0.207. The van der Waals surface area contributed by atoms with Crippen LogP contribution in [0.3, 0.4) is 0 Å². The van der Waals surface area contributed by atoms with Gasteiger partial charge in [-0.3, -0.25) is 9.59 Å². The third kappa shape index (κ3) is 6.01. The topological polar surface area (TPSA) is 84.2 Å². The average molecular weight is 263 g/mol. The van der Waals surface area contributed by atoms with Crippen LogP contribution in [0.1, 0.15) is 25.8 Å². The van der Waals surface area contributed by atoms with Crippen LogP contribution in [-0.2, 0) is 16.1 Å². The highest BCUT2D eigenvalue weighted by atomic mass is 16.2. The van der Waals surface area contributed by atoms with E-state index in [2.05, 4.69) is 10.6 Å². The number of carbonyl (C=O) groups excluding carboxylic acids is 2. The molecule has 1 aromatic rings. The normalized spacial score (nSPS) is 13.4. The molecule has 0 spiro atoms. The number of hydrogen-bond donors (Lipinski definition) is 3. The van der Waals surface area contributed by atoms with E-state index in [9.17, 15) is 9.59 Å². The molecule has 0 heterocycles. The van der Waals surface area contributed by atoms with Crippen LogP contribution in [0.5, 0.6) is 0 Å². The quantitative estimate of drug-likeness (QED) is 0.700. The van der Waals surface area contributed by atoms with Crippen LogP contribution >= 0.6 is 0 Å². The van der Waals surface area contributed by atoms with Crippen LogP contribution in [0.2, 0.25) is 0 Å². The molecule has 5 nitrogen and oxygen atoms in total. The van der Waals surface area contributed by atoms with Crippen LogP contribution in [0.25, 0.3) is 0 Å². The summed E-state index contributed by atoms with van der Waals surface area (Å²) in [4.78, 5) is 23.3. The molecule has 1 aromatic carbocycles. The summed E-state index contributed by atoms with van der Waals surface area (Å²) >= 11 is 0. The predicted molar refractivity (Wildman–Crippen MR) is 74.2 cm³/mol. The zero-order chi connectivity index (χ0) is 14.3. The minimum atomic E-state index is -0.560. The largest absolute Gasteiger partial charge is 0.350 e. The van der Waals surface area contributed by atoms with E-state index in [1.807, 2.05) is 30.3 Å². The van der Waals surface area contributed by atoms with Gasteiger partial charge in [-0.1, -0.05) is 30.3 Å². The lowest BCUT2D eigenvalue weighted by molar-refractivity contribution is -0.128. The number of hydrogen-bond acceptors (Lipinski definition) is 3. The van der Waals surface area contributed by atoms with Gasteiger partial charge in [0.25, 0.3) is 0 Å². The fourth-order valence-electron chi connectivity index (χ4n) is 1.60. The van der Waals surface area contributed by atoms with E-state index in [0.717, 1.165) is 5.56 Å². The Balaban J connectivity index is 2.35. The SMILES string of the molecule is CC(N)CC(=O)NC(C)C(=O)NCc1ccccc1. The van der Waals surface area contributed by atoms with E-state index < -0.39 is 6.04 Å². The maximum absolute atomic E-state index is 11.8. The first kappa shape index (κ1) is 15.2. The zero-order valence-corrected chi connectivity index (χ0v) is 11.3. The number of carbonyl (C=O) groups is 2. The number of nitrogens with one attached hydrogen (secondary N) is 2. The molecule has 2 amide bonds. The molecule has 4 N–H and O–H groups in total. The lowest BCUT2D eigenvalue weighted by Gasteiger charge is -2.15. The first-order valence-corrected chi connectivity index (χ1v) is 6.35. The fraction of sp³-hybridized carbons (Fsp3) is 0.429. The summed E-state index contributed by atoms with van der Waals surface area (Å²) in [5.74, 6) is -0.417. The predicted octanol–water partition coefficient (Wildman–Crippen LogP) is 0.545. The number of rotatable bonds is 6. The zero-order valence-electron chi connectivity index (χ0n) is 11.3. The monoisotopic (exact) mass is 263 g/mol. The Labute approximate surface area is 113 Å². The van der Waals surface area contributed by atoms with Gasteiger partial charge in [0.15, 0.2) is 0 Å². The second-order valence-electron chi connectivity index (χ2n) is 4.67. The molecule has 0 radical (unpaired) electrons. The van der Waals surface area contributed by atoms with Gasteiger partial charge in [0, 0.05) is 19.0 Å². The highest BCUT2D eigenvalue weighted by Crippen LogP contribution is 1.97. The highest BCUT2D eigenvalue weighted by molar-refractivity contribution is 5.87. The standard InChI is InChI=1S/C14H21N3O2/c1-10(15)8-13(18)17-11(2)14(19)16-9-12-6-4-3-5-7-12/h3-7,10-11H,8-9,15H2,1-2H3,(H,16,19)(H,17,18). The highest BCUT2D eigenvalue weighted by Gasteiger charge is 2.15. The Kier molecular flexibility index (Phi) is 6.02. The summed E-state index contributed by atoms with van der Waals surface area (Å²) < 4.78 is 0. The van der Waals surface area contributed by atoms with E-state index in [-0.39, 0.29) is 24.3 Å². The summed E-state index contributed by atoms with van der Waals surface area (Å²) in [7, 11) is 0. The third-order valence-electron chi connectivity index (χ3n) is 2.59. The van der Waals surface area contributed by atoms with Crippen LogP contribution in [0, 0.1) is 0 Å². The molecule has 0 bridgehead atoms. The Bertz CT molecular complexity index is 418. The van der Waals surface area contributed by atoms with Gasteiger partial charge in [-0.2, -0.15) is 0 Å². The summed E-state index contributed by atoms with van der Waals surface area (Å²) in [5.41, 5.74) is 6.54. The van der Waals surface area contributed by atoms with Crippen molar-refractivity contribution < 1.29 is 9.59 Å². The molecule has 2 unspecified atom stereocenters. The molecule has 0 aliphatic heterocycles. The van der Waals surface area contributed by atoms with Crippen molar-refractivity contribution in [3.8, 4) is 0 Å². The van der Waals surface area contributed by atoms with Crippen LogP contribution in [-0.4, -0.2) is 23.9 Å². The number of nitrogens with two attached hydrogens (primary N) is 1. The van der Waals surface area contributed by atoms with Gasteiger partial charge in [-0.05, 0) is 19.4 Å². The first-order chi connectivity index (χ1) is 8.99. The molecular weight excluding hydrogens is 242 g/mol. The number of benzene rings is 1. The molecule has 0 saturated heterocycles.